The second kappa shape index (κ2) is 32.7. The Balaban J connectivity index is 0.850. The highest BCUT2D eigenvalue weighted by atomic mass is 32.1. The zero-order chi connectivity index (χ0) is 86.3. The highest BCUT2D eigenvalue weighted by molar-refractivity contribution is 7.18. The molecule has 12 nitrogen and oxygen atoms in total. The molecule has 0 aliphatic heterocycles. The van der Waals surface area contributed by atoms with Gasteiger partial charge in [0, 0.05) is 63.5 Å². The van der Waals surface area contributed by atoms with Gasteiger partial charge in [-0.05, 0) is 202 Å². The van der Waals surface area contributed by atoms with Crippen LogP contribution in [-0.4, -0.2) is 44.0 Å². The number of phenols is 4. The van der Waals surface area contributed by atoms with Gasteiger partial charge in [0.2, 0.25) is 0 Å². The Bertz CT molecular complexity index is 5040. The van der Waals surface area contributed by atoms with Gasteiger partial charge in [-0.15, -0.1) is 11.3 Å². The summed E-state index contributed by atoms with van der Waals surface area (Å²) in [4.78, 5) is 1.71. The van der Waals surface area contributed by atoms with E-state index < -0.39 is 0 Å². The van der Waals surface area contributed by atoms with Crippen molar-refractivity contribution < 1.29 is 48.4 Å². The van der Waals surface area contributed by atoms with Crippen LogP contribution in [-0.2, 0) is 108 Å². The minimum Gasteiger partial charge on any atom is -0.507 e. The average Bonchev–Trinajstić information content (AvgIpc) is 1.05. The normalized spacial score (nSPS) is 13.9. The number of aromatic hydroxyl groups is 4. The van der Waals surface area contributed by atoms with Crippen LogP contribution in [0.5, 0.6) is 46.0 Å². The van der Waals surface area contributed by atoms with E-state index in [0.29, 0.717) is 99.0 Å². The zero-order valence-corrected chi connectivity index (χ0v) is 76.8. The number of phenolic OH excluding ortho intramolecular Hbond substituents is 4. The number of rotatable bonds is 14. The maximum absolute atomic E-state index is 12.9. The SMILES string of the molecule is CCCOc1c2cc(C(C)(C)C)cc1Cc1cc(C(C)(C)C)cc(c1O)Cc1cc(C(C)(C)C)cc(c1OCc1cc(-c3ccc(-c4cc(COc5c6cc(C(C)(C)C)cc5Cc5cc(C(C)(C)C)cc(c5O)Cc5cc(C(C)(C)C)cc(c5OCCC)Cc5cc(C(C)(C)C)cc(c5O)C6)on4)s3)no1)Cc1cc(C(C)(C)C)cc(c1O)C2. The molecule has 3 heterocycles. The highest BCUT2D eigenvalue weighted by Gasteiger charge is 2.34. The van der Waals surface area contributed by atoms with Gasteiger partial charge >= 0.3 is 0 Å². The molecule has 16 bridgehead atoms. The first-order valence-electron chi connectivity index (χ1n) is 43.1. The van der Waals surface area contributed by atoms with E-state index in [4.69, 9.17) is 28.0 Å². The molecule has 0 fully saturated rings. The molecule has 0 atom stereocenters. The highest BCUT2D eigenvalue weighted by Crippen LogP contribution is 2.49. The van der Waals surface area contributed by atoms with Crippen LogP contribution in [0.1, 0.15) is 338 Å². The van der Waals surface area contributed by atoms with Crippen LogP contribution in [0.15, 0.2) is 130 Å². The van der Waals surface area contributed by atoms with Crippen LogP contribution in [0.25, 0.3) is 21.1 Å². The van der Waals surface area contributed by atoms with Gasteiger partial charge in [0.1, 0.15) is 70.6 Å². The Morgan fingerprint density at radius 3 is 0.622 bits per heavy atom. The number of fused-ring (bicyclic) bond motifs is 16. The predicted molar refractivity (Wildman–Crippen MR) is 486 cm³/mol. The summed E-state index contributed by atoms with van der Waals surface area (Å²) in [6.45, 7) is 58.9. The maximum Gasteiger partial charge on any atom is 0.174 e. The monoisotopic (exact) mass is 1620 g/mol. The molecule has 630 valence electrons. The predicted octanol–water partition coefficient (Wildman–Crippen LogP) is 26.3. The van der Waals surface area contributed by atoms with Gasteiger partial charge < -0.3 is 48.4 Å². The Labute approximate surface area is 713 Å². The maximum atomic E-state index is 12.9. The number of aromatic nitrogens is 2. The van der Waals surface area contributed by atoms with Crippen molar-refractivity contribution in [2.75, 3.05) is 13.2 Å². The molecule has 8 aromatic carbocycles. The lowest BCUT2D eigenvalue weighted by molar-refractivity contribution is 0.246. The van der Waals surface area contributed by atoms with Crippen molar-refractivity contribution in [3.8, 4) is 67.1 Å². The van der Waals surface area contributed by atoms with Gasteiger partial charge in [-0.2, -0.15) is 0 Å². The van der Waals surface area contributed by atoms with Gasteiger partial charge in [0.25, 0.3) is 0 Å². The van der Waals surface area contributed by atoms with Crippen molar-refractivity contribution in [1.29, 1.82) is 0 Å². The van der Waals surface area contributed by atoms with E-state index in [0.717, 1.165) is 168 Å². The number of thiophene rings is 1. The lowest BCUT2D eigenvalue weighted by Crippen LogP contribution is -2.16. The van der Waals surface area contributed by atoms with Crippen molar-refractivity contribution in [3.05, 3.63) is 266 Å². The second-order valence-electron chi connectivity index (χ2n) is 42.3. The third-order valence-electron chi connectivity index (χ3n) is 23.9. The van der Waals surface area contributed by atoms with Gasteiger partial charge in [-0.3, -0.25) is 0 Å². The van der Waals surface area contributed by atoms with Crippen molar-refractivity contribution >= 4 is 11.3 Å². The molecule has 3 aromatic heterocycles. The van der Waals surface area contributed by atoms with Crippen molar-refractivity contribution in [1.82, 2.24) is 10.3 Å². The van der Waals surface area contributed by atoms with E-state index >= 15 is 0 Å². The van der Waals surface area contributed by atoms with E-state index in [1.165, 1.54) is 11.3 Å². The summed E-state index contributed by atoms with van der Waals surface area (Å²) in [5.74, 6) is 4.94. The van der Waals surface area contributed by atoms with Gasteiger partial charge in [0.15, 0.2) is 11.5 Å². The molecule has 0 radical (unpaired) electrons. The van der Waals surface area contributed by atoms with E-state index in [-0.39, 0.29) is 79.5 Å². The largest absolute Gasteiger partial charge is 0.507 e. The first-order valence-corrected chi connectivity index (χ1v) is 43.9. The van der Waals surface area contributed by atoms with Crippen molar-refractivity contribution in [3.63, 3.8) is 0 Å². The van der Waals surface area contributed by atoms with Crippen molar-refractivity contribution in [2.45, 2.75) is 301 Å². The van der Waals surface area contributed by atoms with Gasteiger partial charge in [-0.1, -0.05) is 287 Å². The summed E-state index contributed by atoms with van der Waals surface area (Å²) in [6, 6.07) is 43.4. The molecule has 0 unspecified atom stereocenters. The van der Waals surface area contributed by atoms with Gasteiger partial charge in [-0.25, -0.2) is 0 Å². The summed E-state index contributed by atoms with van der Waals surface area (Å²) in [6.07, 6.45) is 4.77. The molecule has 13 rings (SSSR count). The standard InChI is InChI=1S/C106H130N2O10S/c1-27-31-113-95-69-33-61-41-77(99(3,4)5)45-65(91(61)109)37-73-53-83(105(21,22)23)54-74(38-66-46-78(100(6,7)8)42-62(92(66)110)34-70(95)50-81(49-69)103(15,16)17)97(73)115-59-85-57-87(107-117-85)89-29-30-90(119-89)88-58-86(118-108-88)60-116-98-75-39-67-47-79(101(9,10)11)43-63(93(67)111)35-71-51-82(104(18,19)20)52-72(96(71)114-32-28-2)36-64-44-80(102(12,13)14)48-68(94(64)112)40-76(98)56-84(55-75)106(24,25)26/h29-30,41-58,109-112H,27-28,31-40,59-60H2,1-26H3. The smallest absolute Gasteiger partial charge is 0.174 e. The number of benzene rings is 8. The summed E-state index contributed by atoms with van der Waals surface area (Å²) < 4.78 is 40.6. The summed E-state index contributed by atoms with van der Waals surface area (Å²) in [7, 11) is 0. The van der Waals surface area contributed by atoms with Crippen LogP contribution >= 0.6 is 11.3 Å². The summed E-state index contributed by atoms with van der Waals surface area (Å²) in [5.41, 5.74) is 22.2. The lowest BCUT2D eigenvalue weighted by atomic mass is 9.79. The second-order valence-corrected chi connectivity index (χ2v) is 43.4. The number of nitrogens with zero attached hydrogens (tertiary/aromatic N) is 2. The lowest BCUT2D eigenvalue weighted by Gasteiger charge is -2.28. The van der Waals surface area contributed by atoms with Crippen LogP contribution < -0.4 is 18.9 Å². The summed E-state index contributed by atoms with van der Waals surface area (Å²) in [5, 5.41) is 61.1. The molecule has 0 saturated heterocycles. The number of ether oxygens (including phenoxy) is 4. The Morgan fingerprint density at radius 2 is 0.445 bits per heavy atom. The Hall–Kier alpha value is -9.72. The van der Waals surface area contributed by atoms with Crippen LogP contribution in [0, 0.1) is 0 Å². The van der Waals surface area contributed by atoms with E-state index in [2.05, 4.69) is 287 Å². The van der Waals surface area contributed by atoms with E-state index in [1.54, 1.807) is 0 Å². The summed E-state index contributed by atoms with van der Waals surface area (Å²) >= 11 is 1.52. The first kappa shape index (κ1) is 87.1. The number of hydrogen-bond donors (Lipinski definition) is 4. The van der Waals surface area contributed by atoms with E-state index in [1.807, 2.05) is 24.3 Å². The Morgan fingerprint density at radius 1 is 0.269 bits per heavy atom. The molecule has 2 aliphatic carbocycles. The zero-order valence-electron chi connectivity index (χ0n) is 76.0. The topological polar surface area (TPSA) is 170 Å². The molecule has 0 amide bonds. The third kappa shape index (κ3) is 19.4. The molecule has 13 heteroatoms. The quantitative estimate of drug-likeness (QED) is 0.0814. The first-order chi connectivity index (χ1) is 55.5. The van der Waals surface area contributed by atoms with Crippen LogP contribution in [0.4, 0.5) is 0 Å². The average molecular weight is 1620 g/mol. The van der Waals surface area contributed by atoms with E-state index in [9.17, 15) is 20.4 Å². The van der Waals surface area contributed by atoms with Gasteiger partial charge in [0.05, 0.1) is 23.0 Å². The number of hydrogen-bond acceptors (Lipinski definition) is 13. The third-order valence-corrected chi connectivity index (χ3v) is 25.0. The molecule has 119 heavy (non-hydrogen) atoms. The Kier molecular flexibility index (Phi) is 23.9. The molecular formula is C106H130N2O10S. The molecular weight excluding hydrogens is 1490 g/mol. The molecule has 2 aliphatic rings. The molecule has 11 aromatic rings. The fourth-order valence-corrected chi connectivity index (χ4v) is 17.2. The van der Waals surface area contributed by atoms with Crippen LogP contribution in [0.2, 0.25) is 0 Å². The molecule has 0 saturated carbocycles. The van der Waals surface area contributed by atoms with Crippen LogP contribution in [0.3, 0.4) is 0 Å². The minimum absolute atomic E-state index is 0.0406. The fourth-order valence-electron chi connectivity index (χ4n) is 16.3. The molecule has 4 N–H and O–H groups in total. The molecule has 0 spiro atoms. The minimum atomic E-state index is -0.290. The fraction of sp³-hybridized carbons (Fsp3) is 0.453. The van der Waals surface area contributed by atoms with Crippen molar-refractivity contribution in [2.24, 2.45) is 0 Å².